The van der Waals surface area contributed by atoms with Crippen LogP contribution in [0.25, 0.3) is 0 Å². The van der Waals surface area contributed by atoms with E-state index in [1.807, 2.05) is 0 Å². The van der Waals surface area contributed by atoms with E-state index in [1.165, 1.54) is 83.5 Å². The number of allylic oxidation sites excluding steroid dienone is 2. The average Bonchev–Trinajstić information content (AvgIpc) is 3.05. The van der Waals surface area contributed by atoms with Crippen molar-refractivity contribution < 1.29 is 47.8 Å². The normalized spacial score (nSPS) is 14.2. The molecule has 0 saturated heterocycles. The first-order chi connectivity index (χ1) is 22.7. The molecule has 0 fully saturated rings. The second-order valence-electron chi connectivity index (χ2n) is 12.6. The number of unbranched alkanes of at least 4 members (excludes halogenated alkanes) is 19. The summed E-state index contributed by atoms with van der Waals surface area (Å²) in [4.78, 5) is 34.7. The lowest BCUT2D eigenvalue weighted by Crippen LogP contribution is -2.29. The SMILES string of the molecule is CCCCCCCC/C=C/CCCCCC(=O)OC[C@H](COP(=O)(O)OC[C@@H](O)CO)OC(=O)CCCCCCCCCCCCC. The number of aliphatic hydroxyl groups excluding tert-OH is 2. The summed E-state index contributed by atoms with van der Waals surface area (Å²) in [6.45, 7) is 2.33. The zero-order valence-electron chi connectivity index (χ0n) is 29.8. The molecule has 0 heterocycles. The predicted molar refractivity (Wildman–Crippen MR) is 187 cm³/mol. The highest BCUT2D eigenvalue weighted by molar-refractivity contribution is 7.47. The third-order valence-corrected chi connectivity index (χ3v) is 8.87. The molecule has 0 aliphatic carbocycles. The molecular formula is C36H69O10P. The topological polar surface area (TPSA) is 149 Å². The molecule has 278 valence electrons. The zero-order chi connectivity index (χ0) is 34.9. The molecule has 0 radical (unpaired) electrons. The van der Waals surface area contributed by atoms with Crippen LogP contribution >= 0.6 is 7.82 Å². The van der Waals surface area contributed by atoms with Crippen LogP contribution in [0.2, 0.25) is 0 Å². The number of aliphatic hydroxyl groups is 2. The molecule has 0 aliphatic heterocycles. The fourth-order valence-electron chi connectivity index (χ4n) is 4.99. The number of phosphoric ester groups is 1. The lowest BCUT2D eigenvalue weighted by molar-refractivity contribution is -0.161. The number of ether oxygens (including phenoxy) is 2. The van der Waals surface area contributed by atoms with Crippen LogP contribution in [0.4, 0.5) is 0 Å². The Labute approximate surface area is 286 Å². The van der Waals surface area contributed by atoms with E-state index in [4.69, 9.17) is 19.1 Å². The standard InChI is InChI=1S/C36H69O10P/c1-3-5-7-9-11-13-15-16-18-19-21-23-25-27-35(39)43-31-34(32-45-47(41,42)44-30-33(38)29-37)46-36(40)28-26-24-22-20-17-14-12-10-8-6-4-2/h16,18,33-34,37-38H,3-15,17,19-32H2,1-2H3,(H,41,42)/b18-16+/t33-,34+/m0/s1. The monoisotopic (exact) mass is 692 g/mol. The van der Waals surface area contributed by atoms with Crippen LogP contribution in [0.5, 0.6) is 0 Å². The predicted octanol–water partition coefficient (Wildman–Crippen LogP) is 8.89. The quantitative estimate of drug-likeness (QED) is 0.0254. The van der Waals surface area contributed by atoms with E-state index in [-0.39, 0.29) is 19.4 Å². The number of esters is 2. The third-order valence-electron chi connectivity index (χ3n) is 7.92. The van der Waals surface area contributed by atoms with E-state index in [0.717, 1.165) is 44.9 Å². The first-order valence-electron chi connectivity index (χ1n) is 18.6. The molecule has 0 amide bonds. The minimum absolute atomic E-state index is 0.185. The first-order valence-corrected chi connectivity index (χ1v) is 20.1. The maximum atomic E-state index is 12.5. The van der Waals surface area contributed by atoms with Gasteiger partial charge in [-0.15, -0.1) is 0 Å². The zero-order valence-corrected chi connectivity index (χ0v) is 30.6. The summed E-state index contributed by atoms with van der Waals surface area (Å²) in [5, 5.41) is 18.2. The van der Waals surface area contributed by atoms with Crippen LogP contribution in [0.15, 0.2) is 12.2 Å². The van der Waals surface area contributed by atoms with Crippen molar-refractivity contribution in [1.82, 2.24) is 0 Å². The van der Waals surface area contributed by atoms with Gasteiger partial charge in [-0.05, 0) is 38.5 Å². The second kappa shape index (κ2) is 33.2. The molecule has 3 atom stereocenters. The molecule has 1 unspecified atom stereocenters. The van der Waals surface area contributed by atoms with Crippen LogP contribution in [-0.4, -0.2) is 65.7 Å². The molecule has 0 aromatic rings. The van der Waals surface area contributed by atoms with Crippen molar-refractivity contribution in [3.05, 3.63) is 12.2 Å². The number of carbonyl (C=O) groups excluding carboxylic acids is 2. The van der Waals surface area contributed by atoms with Crippen molar-refractivity contribution in [2.75, 3.05) is 26.4 Å². The molecular weight excluding hydrogens is 623 g/mol. The molecule has 47 heavy (non-hydrogen) atoms. The maximum absolute atomic E-state index is 12.5. The highest BCUT2D eigenvalue weighted by atomic mass is 31.2. The van der Waals surface area contributed by atoms with Gasteiger partial charge in [0.25, 0.3) is 0 Å². The van der Waals surface area contributed by atoms with Gasteiger partial charge in [-0.3, -0.25) is 18.6 Å². The lowest BCUT2D eigenvalue weighted by Gasteiger charge is -2.20. The van der Waals surface area contributed by atoms with Gasteiger partial charge in [-0.1, -0.05) is 129 Å². The van der Waals surface area contributed by atoms with Crippen LogP contribution in [0.3, 0.4) is 0 Å². The summed E-state index contributed by atoms with van der Waals surface area (Å²) in [6.07, 6.45) is 27.6. The van der Waals surface area contributed by atoms with Gasteiger partial charge in [0.2, 0.25) is 0 Å². The Morgan fingerprint density at radius 2 is 1.04 bits per heavy atom. The van der Waals surface area contributed by atoms with Crippen LogP contribution in [0.1, 0.15) is 168 Å². The van der Waals surface area contributed by atoms with Gasteiger partial charge in [0.15, 0.2) is 6.10 Å². The maximum Gasteiger partial charge on any atom is 0.472 e. The van der Waals surface area contributed by atoms with Gasteiger partial charge < -0.3 is 24.6 Å². The fraction of sp³-hybridized carbons (Fsp3) is 0.889. The Hall–Kier alpha value is -1.29. The molecule has 0 bridgehead atoms. The molecule has 0 saturated carbocycles. The first kappa shape index (κ1) is 45.7. The van der Waals surface area contributed by atoms with Gasteiger partial charge >= 0.3 is 19.8 Å². The molecule has 0 rings (SSSR count). The number of rotatable bonds is 35. The van der Waals surface area contributed by atoms with Gasteiger partial charge in [0.05, 0.1) is 19.8 Å². The van der Waals surface area contributed by atoms with Crippen molar-refractivity contribution in [2.24, 2.45) is 0 Å². The summed E-state index contributed by atoms with van der Waals surface area (Å²) < 4.78 is 32.5. The van der Waals surface area contributed by atoms with E-state index in [0.29, 0.717) is 12.8 Å². The van der Waals surface area contributed by atoms with Crippen LogP contribution in [-0.2, 0) is 32.7 Å². The van der Waals surface area contributed by atoms with Crippen LogP contribution in [0, 0.1) is 0 Å². The van der Waals surface area contributed by atoms with E-state index >= 15 is 0 Å². The Kier molecular flexibility index (Phi) is 32.3. The van der Waals surface area contributed by atoms with Crippen molar-refractivity contribution in [1.29, 1.82) is 0 Å². The number of carbonyl (C=O) groups is 2. The lowest BCUT2D eigenvalue weighted by atomic mass is 10.1. The fourth-order valence-corrected chi connectivity index (χ4v) is 5.78. The Bertz CT molecular complexity index is 807. The third kappa shape index (κ3) is 33.0. The minimum atomic E-state index is -4.60. The summed E-state index contributed by atoms with van der Waals surface area (Å²) in [5.41, 5.74) is 0. The Morgan fingerprint density at radius 1 is 0.617 bits per heavy atom. The molecule has 0 aromatic carbocycles. The number of hydrogen-bond donors (Lipinski definition) is 3. The highest BCUT2D eigenvalue weighted by Crippen LogP contribution is 2.43. The largest absolute Gasteiger partial charge is 0.472 e. The van der Waals surface area contributed by atoms with Crippen molar-refractivity contribution in [2.45, 2.75) is 180 Å². The molecule has 10 nitrogen and oxygen atoms in total. The van der Waals surface area contributed by atoms with E-state index < -0.39 is 51.8 Å². The van der Waals surface area contributed by atoms with Gasteiger partial charge in [-0.25, -0.2) is 4.57 Å². The van der Waals surface area contributed by atoms with Gasteiger partial charge in [-0.2, -0.15) is 0 Å². The smallest absolute Gasteiger partial charge is 0.462 e. The van der Waals surface area contributed by atoms with Gasteiger partial charge in [0.1, 0.15) is 12.7 Å². The van der Waals surface area contributed by atoms with Gasteiger partial charge in [0, 0.05) is 12.8 Å². The molecule has 3 N–H and O–H groups in total. The molecule has 0 aromatic heterocycles. The summed E-state index contributed by atoms with van der Waals surface area (Å²) in [6, 6.07) is 0. The average molecular weight is 693 g/mol. The van der Waals surface area contributed by atoms with E-state index in [2.05, 4.69) is 30.5 Å². The Balaban J connectivity index is 4.39. The minimum Gasteiger partial charge on any atom is -0.462 e. The van der Waals surface area contributed by atoms with Crippen molar-refractivity contribution in [3.8, 4) is 0 Å². The molecule has 11 heteroatoms. The summed E-state index contributed by atoms with van der Waals surface area (Å²) in [7, 11) is -4.60. The summed E-state index contributed by atoms with van der Waals surface area (Å²) in [5.74, 6) is -0.941. The van der Waals surface area contributed by atoms with E-state index in [9.17, 15) is 24.2 Å². The second-order valence-corrected chi connectivity index (χ2v) is 14.1. The van der Waals surface area contributed by atoms with Crippen molar-refractivity contribution >= 4 is 19.8 Å². The number of hydrogen-bond acceptors (Lipinski definition) is 9. The van der Waals surface area contributed by atoms with E-state index in [1.54, 1.807) is 0 Å². The molecule has 0 aliphatic rings. The summed E-state index contributed by atoms with van der Waals surface area (Å²) >= 11 is 0. The number of phosphoric acid groups is 1. The highest BCUT2D eigenvalue weighted by Gasteiger charge is 2.27. The van der Waals surface area contributed by atoms with Crippen LogP contribution < -0.4 is 0 Å². The Morgan fingerprint density at radius 3 is 1.55 bits per heavy atom. The molecule has 0 spiro atoms. The van der Waals surface area contributed by atoms with Crippen molar-refractivity contribution in [3.63, 3.8) is 0 Å².